The van der Waals surface area contributed by atoms with Gasteiger partial charge in [-0.15, -0.1) is 0 Å². The molecule has 7 heteroatoms. The monoisotopic (exact) mass is 193 g/mol. The van der Waals surface area contributed by atoms with Gasteiger partial charge in [0.05, 0.1) is 6.54 Å². The number of amides is 2. The average molecular weight is 193 g/mol. The molecule has 0 saturated carbocycles. The average Bonchev–Trinajstić information content (AvgIpc) is 2.43. The van der Waals surface area contributed by atoms with Crippen LogP contribution in [-0.4, -0.2) is 35.7 Å². The molecule has 0 atom stereocenters. The summed E-state index contributed by atoms with van der Waals surface area (Å²) in [7, 11) is 0. The maximum absolute atomic E-state index is 12.6. The number of halogens is 2. The summed E-state index contributed by atoms with van der Waals surface area (Å²) in [5.41, 5.74) is 1.59. The second-order valence-electron chi connectivity index (χ2n) is 2.81. The maximum Gasteiger partial charge on any atom is 0.323 e. The molecule has 0 aromatic heterocycles. The number of alkyl halides is 2. The van der Waals surface area contributed by atoms with E-state index in [9.17, 15) is 18.4 Å². The number of nitrogens with one attached hydrogen (secondary N) is 1. The van der Waals surface area contributed by atoms with Crippen molar-refractivity contribution in [3.63, 3.8) is 0 Å². The molecule has 0 aromatic carbocycles. The van der Waals surface area contributed by atoms with Crippen molar-refractivity contribution in [2.45, 2.75) is 12.3 Å². The van der Waals surface area contributed by atoms with E-state index in [1.165, 1.54) is 0 Å². The molecule has 1 aliphatic rings. The predicted octanol–water partition coefficient (Wildman–Crippen LogP) is -1.16. The van der Waals surface area contributed by atoms with Gasteiger partial charge < -0.3 is 4.90 Å². The van der Waals surface area contributed by atoms with Gasteiger partial charge in [0.2, 0.25) is 0 Å². The van der Waals surface area contributed by atoms with Gasteiger partial charge in [-0.2, -0.15) is 0 Å². The lowest BCUT2D eigenvalue weighted by Gasteiger charge is -2.13. The number of hydrazine groups is 1. The molecule has 1 rings (SSSR count). The Kier molecular flexibility index (Phi) is 2.46. The van der Waals surface area contributed by atoms with E-state index in [0.29, 0.717) is 0 Å². The van der Waals surface area contributed by atoms with Crippen molar-refractivity contribution >= 4 is 11.8 Å². The molecule has 2 amide bonds. The lowest BCUT2D eigenvalue weighted by Crippen LogP contribution is -2.45. The minimum absolute atomic E-state index is 0.112. The summed E-state index contributed by atoms with van der Waals surface area (Å²) in [5, 5.41) is 0. The Hall–Kier alpha value is -1.24. The summed E-state index contributed by atoms with van der Waals surface area (Å²) in [4.78, 5) is 22.4. The van der Waals surface area contributed by atoms with Gasteiger partial charge in [0.15, 0.2) is 0 Å². The Morgan fingerprint density at radius 3 is 2.46 bits per heavy atom. The van der Waals surface area contributed by atoms with Crippen LogP contribution >= 0.6 is 0 Å². The molecule has 0 aliphatic carbocycles. The van der Waals surface area contributed by atoms with E-state index in [1.54, 1.807) is 5.43 Å². The molecule has 0 bridgehead atoms. The fourth-order valence-corrected chi connectivity index (χ4v) is 1.11. The van der Waals surface area contributed by atoms with Gasteiger partial charge in [-0.1, -0.05) is 0 Å². The van der Waals surface area contributed by atoms with Crippen LogP contribution < -0.4 is 11.3 Å². The van der Waals surface area contributed by atoms with Crippen molar-refractivity contribution in [1.29, 1.82) is 0 Å². The Bertz CT molecular complexity index is 244. The molecule has 0 spiro atoms. The molecule has 13 heavy (non-hydrogen) atoms. The minimum Gasteiger partial charge on any atom is -0.328 e. The number of nitrogens with two attached hydrogens (primary N) is 1. The predicted molar refractivity (Wildman–Crippen MR) is 38.5 cm³/mol. The SMILES string of the molecule is NNC(=O)C(=O)N1CCC(F)(F)C1. The molecule has 0 radical (unpaired) electrons. The van der Waals surface area contributed by atoms with Gasteiger partial charge >= 0.3 is 11.8 Å². The Morgan fingerprint density at radius 1 is 1.46 bits per heavy atom. The quantitative estimate of drug-likeness (QED) is 0.220. The van der Waals surface area contributed by atoms with Gasteiger partial charge in [-0.3, -0.25) is 15.0 Å². The normalized spacial score (nSPS) is 20.1. The molecule has 5 nitrogen and oxygen atoms in total. The van der Waals surface area contributed by atoms with Crippen molar-refractivity contribution in [3.05, 3.63) is 0 Å². The van der Waals surface area contributed by atoms with Crippen molar-refractivity contribution in [1.82, 2.24) is 10.3 Å². The van der Waals surface area contributed by atoms with Crippen LogP contribution in [0.15, 0.2) is 0 Å². The Labute approximate surface area is 72.8 Å². The molecule has 0 aromatic rings. The number of carbonyl (C=O) groups excluding carboxylic acids is 2. The molecule has 74 valence electrons. The molecular weight excluding hydrogens is 184 g/mol. The van der Waals surface area contributed by atoms with Gasteiger partial charge in [0.1, 0.15) is 0 Å². The number of hydrogen-bond donors (Lipinski definition) is 2. The van der Waals surface area contributed by atoms with Crippen LogP contribution in [0.2, 0.25) is 0 Å². The second kappa shape index (κ2) is 3.25. The first-order valence-corrected chi connectivity index (χ1v) is 3.64. The molecular formula is C6H9F2N3O2. The third kappa shape index (κ3) is 2.11. The van der Waals surface area contributed by atoms with Crippen LogP contribution in [0.3, 0.4) is 0 Å². The number of carbonyl (C=O) groups is 2. The third-order valence-electron chi connectivity index (χ3n) is 1.78. The van der Waals surface area contributed by atoms with Crippen LogP contribution in [-0.2, 0) is 9.59 Å². The summed E-state index contributed by atoms with van der Waals surface area (Å²) >= 11 is 0. The van der Waals surface area contributed by atoms with E-state index in [0.717, 1.165) is 4.90 Å². The van der Waals surface area contributed by atoms with E-state index in [1.807, 2.05) is 0 Å². The van der Waals surface area contributed by atoms with Crippen molar-refractivity contribution < 1.29 is 18.4 Å². The van der Waals surface area contributed by atoms with Crippen LogP contribution in [0.5, 0.6) is 0 Å². The highest BCUT2D eigenvalue weighted by Crippen LogP contribution is 2.26. The van der Waals surface area contributed by atoms with Crippen LogP contribution in [0, 0.1) is 0 Å². The Balaban J connectivity index is 2.57. The van der Waals surface area contributed by atoms with Gasteiger partial charge in [0, 0.05) is 13.0 Å². The van der Waals surface area contributed by atoms with Gasteiger partial charge in [-0.25, -0.2) is 14.6 Å². The third-order valence-corrected chi connectivity index (χ3v) is 1.78. The fourth-order valence-electron chi connectivity index (χ4n) is 1.11. The van der Waals surface area contributed by atoms with Gasteiger partial charge in [-0.05, 0) is 0 Å². The lowest BCUT2D eigenvalue weighted by atomic mass is 10.3. The number of nitrogens with zero attached hydrogens (tertiary/aromatic N) is 1. The summed E-state index contributed by atoms with van der Waals surface area (Å²) < 4.78 is 25.1. The van der Waals surface area contributed by atoms with Crippen LogP contribution in [0.1, 0.15) is 6.42 Å². The highest BCUT2D eigenvalue weighted by molar-refractivity contribution is 6.34. The van der Waals surface area contributed by atoms with Crippen LogP contribution in [0.25, 0.3) is 0 Å². The Morgan fingerprint density at radius 2 is 2.08 bits per heavy atom. The fraction of sp³-hybridized carbons (Fsp3) is 0.667. The molecule has 1 fully saturated rings. The summed E-state index contributed by atoms with van der Waals surface area (Å²) in [6.45, 7) is -0.821. The van der Waals surface area contributed by atoms with E-state index < -0.39 is 30.7 Å². The zero-order chi connectivity index (χ0) is 10.1. The first kappa shape index (κ1) is 9.85. The number of hydrogen-bond acceptors (Lipinski definition) is 3. The molecule has 1 saturated heterocycles. The molecule has 0 unspecified atom stereocenters. The zero-order valence-electron chi connectivity index (χ0n) is 6.72. The van der Waals surface area contributed by atoms with Crippen molar-refractivity contribution in [2.75, 3.05) is 13.1 Å². The molecule has 1 aliphatic heterocycles. The van der Waals surface area contributed by atoms with E-state index in [-0.39, 0.29) is 6.54 Å². The van der Waals surface area contributed by atoms with Gasteiger partial charge in [0.25, 0.3) is 5.92 Å². The zero-order valence-corrected chi connectivity index (χ0v) is 6.72. The van der Waals surface area contributed by atoms with Crippen molar-refractivity contribution in [3.8, 4) is 0 Å². The van der Waals surface area contributed by atoms with Crippen molar-refractivity contribution in [2.24, 2.45) is 5.84 Å². The maximum atomic E-state index is 12.6. The highest BCUT2D eigenvalue weighted by atomic mass is 19.3. The smallest absolute Gasteiger partial charge is 0.323 e. The lowest BCUT2D eigenvalue weighted by molar-refractivity contribution is -0.146. The number of rotatable bonds is 0. The number of likely N-dealkylation sites (tertiary alicyclic amines) is 1. The van der Waals surface area contributed by atoms with E-state index >= 15 is 0 Å². The second-order valence-corrected chi connectivity index (χ2v) is 2.81. The summed E-state index contributed by atoms with van der Waals surface area (Å²) in [6.07, 6.45) is -0.406. The van der Waals surface area contributed by atoms with E-state index in [4.69, 9.17) is 0 Å². The first-order valence-electron chi connectivity index (χ1n) is 3.64. The molecule has 3 N–H and O–H groups in total. The topological polar surface area (TPSA) is 75.4 Å². The summed E-state index contributed by atoms with van der Waals surface area (Å²) in [5.74, 6) is -0.297. The minimum atomic E-state index is -2.88. The standard InChI is InChI=1S/C6H9F2N3O2/c7-6(8)1-2-11(3-6)5(13)4(12)10-9/h1-3,9H2,(H,10,12). The summed E-state index contributed by atoms with van der Waals surface area (Å²) in [6, 6.07) is 0. The largest absolute Gasteiger partial charge is 0.328 e. The molecule has 1 heterocycles. The van der Waals surface area contributed by atoms with Crippen LogP contribution in [0.4, 0.5) is 8.78 Å². The van der Waals surface area contributed by atoms with E-state index in [2.05, 4.69) is 5.84 Å². The first-order chi connectivity index (χ1) is 5.96. The highest BCUT2D eigenvalue weighted by Gasteiger charge is 2.41.